The van der Waals surface area contributed by atoms with Gasteiger partial charge < -0.3 is 4.74 Å². The SMILES string of the molecule is CCCCOc1ccc([C@](CC(=O)c2ccc(C)cn2)(N[S@@](=O)C(C)(C)C)C(F)(F)F)cc1. The second-order valence-corrected chi connectivity index (χ2v) is 10.9. The molecule has 0 aliphatic heterocycles. The van der Waals surface area contributed by atoms with Crippen LogP contribution in [0.2, 0.25) is 0 Å². The molecule has 0 radical (unpaired) electrons. The minimum absolute atomic E-state index is 0.0860. The third-order valence-electron chi connectivity index (χ3n) is 5.04. The van der Waals surface area contributed by atoms with Gasteiger partial charge in [-0.05, 0) is 63.4 Å². The molecule has 33 heavy (non-hydrogen) atoms. The topological polar surface area (TPSA) is 68.3 Å². The Hall–Kier alpha value is -2.26. The zero-order valence-corrected chi connectivity index (χ0v) is 20.4. The van der Waals surface area contributed by atoms with Gasteiger partial charge in [-0.25, -0.2) is 8.93 Å². The van der Waals surface area contributed by atoms with E-state index >= 15 is 0 Å². The predicted octanol–water partition coefficient (Wildman–Crippen LogP) is 5.65. The van der Waals surface area contributed by atoms with Crippen molar-refractivity contribution in [2.45, 2.75) is 70.3 Å². The first-order chi connectivity index (χ1) is 15.3. The van der Waals surface area contributed by atoms with Gasteiger partial charge in [-0.15, -0.1) is 0 Å². The summed E-state index contributed by atoms with van der Waals surface area (Å²) >= 11 is 0. The molecular weight excluding hydrogens is 453 g/mol. The molecule has 182 valence electrons. The summed E-state index contributed by atoms with van der Waals surface area (Å²) in [5.74, 6) is -0.388. The van der Waals surface area contributed by atoms with E-state index in [1.165, 1.54) is 36.5 Å². The van der Waals surface area contributed by atoms with Crippen molar-refractivity contribution in [3.63, 3.8) is 0 Å². The molecule has 0 spiro atoms. The summed E-state index contributed by atoms with van der Waals surface area (Å²) in [5.41, 5.74) is -2.41. The number of ether oxygens (including phenoxy) is 1. The number of unbranched alkanes of at least 4 members (excludes halogenated alkanes) is 1. The maximum Gasteiger partial charge on any atom is 0.412 e. The van der Waals surface area contributed by atoms with Gasteiger partial charge in [-0.2, -0.15) is 13.2 Å². The number of carbonyl (C=O) groups excluding carboxylic acids is 1. The van der Waals surface area contributed by atoms with Crippen molar-refractivity contribution in [2.75, 3.05) is 6.61 Å². The number of aryl methyl sites for hydroxylation is 1. The van der Waals surface area contributed by atoms with Crippen LogP contribution < -0.4 is 9.46 Å². The molecule has 1 N–H and O–H groups in total. The normalized spacial score (nSPS) is 15.0. The fourth-order valence-electron chi connectivity index (χ4n) is 2.96. The number of alkyl halides is 3. The van der Waals surface area contributed by atoms with E-state index in [4.69, 9.17) is 4.74 Å². The summed E-state index contributed by atoms with van der Waals surface area (Å²) < 4.78 is 63.8. The van der Waals surface area contributed by atoms with Crippen molar-refractivity contribution in [1.29, 1.82) is 0 Å². The van der Waals surface area contributed by atoms with Crippen LogP contribution in [0.15, 0.2) is 42.6 Å². The first-order valence-corrected chi connectivity index (χ1v) is 11.9. The number of aromatic nitrogens is 1. The third-order valence-corrected chi connectivity index (χ3v) is 6.69. The minimum Gasteiger partial charge on any atom is -0.494 e. The van der Waals surface area contributed by atoms with Crippen molar-refractivity contribution in [2.24, 2.45) is 0 Å². The van der Waals surface area contributed by atoms with Crippen LogP contribution in [-0.4, -0.2) is 32.5 Å². The van der Waals surface area contributed by atoms with E-state index in [1.807, 2.05) is 6.92 Å². The van der Waals surface area contributed by atoms with Gasteiger partial charge in [0, 0.05) is 12.6 Å². The average Bonchev–Trinajstić information content (AvgIpc) is 2.72. The third kappa shape index (κ3) is 6.86. The highest BCUT2D eigenvalue weighted by Crippen LogP contribution is 2.44. The van der Waals surface area contributed by atoms with E-state index < -0.39 is 39.7 Å². The molecule has 5 nitrogen and oxygen atoms in total. The first-order valence-electron chi connectivity index (χ1n) is 10.8. The van der Waals surface area contributed by atoms with Gasteiger partial charge in [-0.1, -0.05) is 31.5 Å². The van der Waals surface area contributed by atoms with Crippen LogP contribution >= 0.6 is 0 Å². The highest BCUT2D eigenvalue weighted by molar-refractivity contribution is 7.84. The molecular formula is C24H31F3N2O3S. The van der Waals surface area contributed by atoms with Crippen LogP contribution in [0.3, 0.4) is 0 Å². The van der Waals surface area contributed by atoms with E-state index in [2.05, 4.69) is 9.71 Å². The van der Waals surface area contributed by atoms with E-state index in [9.17, 15) is 22.2 Å². The highest BCUT2D eigenvalue weighted by atomic mass is 32.2. The number of halogens is 3. The molecule has 0 amide bonds. The quantitative estimate of drug-likeness (QED) is 0.349. The number of ketones is 1. The van der Waals surface area contributed by atoms with E-state index in [0.717, 1.165) is 18.4 Å². The summed E-state index contributed by atoms with van der Waals surface area (Å²) in [6.07, 6.45) is -2.76. The summed E-state index contributed by atoms with van der Waals surface area (Å²) in [5, 5.41) is 0. The monoisotopic (exact) mass is 484 g/mol. The van der Waals surface area contributed by atoms with Crippen molar-refractivity contribution >= 4 is 16.8 Å². The van der Waals surface area contributed by atoms with Crippen LogP contribution in [0.4, 0.5) is 13.2 Å². The van der Waals surface area contributed by atoms with Gasteiger partial charge in [0.1, 0.15) is 11.4 Å². The lowest BCUT2D eigenvalue weighted by Crippen LogP contribution is -2.58. The second-order valence-electron chi connectivity index (χ2n) is 8.93. The van der Waals surface area contributed by atoms with Crippen LogP contribution in [0.25, 0.3) is 0 Å². The Labute approximate surface area is 195 Å². The first kappa shape index (κ1) is 27.0. The highest BCUT2D eigenvalue weighted by Gasteiger charge is 2.58. The Morgan fingerprint density at radius 2 is 1.73 bits per heavy atom. The van der Waals surface area contributed by atoms with Crippen LogP contribution in [0.5, 0.6) is 5.75 Å². The minimum atomic E-state index is -4.93. The average molecular weight is 485 g/mol. The van der Waals surface area contributed by atoms with Crippen molar-refractivity contribution < 1.29 is 26.9 Å². The Kier molecular flexibility index (Phi) is 8.81. The van der Waals surface area contributed by atoms with Gasteiger partial charge in [0.2, 0.25) is 0 Å². The van der Waals surface area contributed by atoms with E-state index in [-0.39, 0.29) is 11.3 Å². The Balaban J connectivity index is 2.53. The maximum absolute atomic E-state index is 14.7. The number of hydrogen-bond donors (Lipinski definition) is 1. The molecule has 2 rings (SSSR count). The predicted molar refractivity (Wildman–Crippen MR) is 124 cm³/mol. The molecule has 0 saturated carbocycles. The van der Waals surface area contributed by atoms with Crippen molar-refractivity contribution in [1.82, 2.24) is 9.71 Å². The van der Waals surface area contributed by atoms with Crippen LogP contribution in [-0.2, 0) is 16.5 Å². The number of pyridine rings is 1. The fraction of sp³-hybridized carbons (Fsp3) is 0.500. The number of nitrogens with zero attached hydrogens (tertiary/aromatic N) is 1. The number of rotatable bonds is 10. The largest absolute Gasteiger partial charge is 0.494 e. The Morgan fingerprint density at radius 1 is 1.09 bits per heavy atom. The molecule has 1 aromatic carbocycles. The summed E-state index contributed by atoms with van der Waals surface area (Å²) in [7, 11) is -2.12. The number of hydrogen-bond acceptors (Lipinski definition) is 4. The molecule has 0 saturated heterocycles. The van der Waals surface area contributed by atoms with E-state index in [1.54, 1.807) is 33.8 Å². The summed E-state index contributed by atoms with van der Waals surface area (Å²) in [6, 6.07) is 8.39. The molecule has 9 heteroatoms. The smallest absolute Gasteiger partial charge is 0.412 e. The lowest BCUT2D eigenvalue weighted by molar-refractivity contribution is -0.193. The number of Topliss-reactive ketones (excluding diaryl/α,β-unsaturated/α-hetero) is 1. The van der Waals surface area contributed by atoms with Crippen LogP contribution in [0.1, 0.15) is 68.6 Å². The molecule has 0 fully saturated rings. The van der Waals surface area contributed by atoms with Crippen LogP contribution in [0, 0.1) is 6.92 Å². The van der Waals surface area contributed by atoms with Crippen molar-refractivity contribution in [3.8, 4) is 5.75 Å². The molecule has 0 bridgehead atoms. The molecule has 1 aromatic heterocycles. The van der Waals surface area contributed by atoms with Gasteiger partial charge in [0.25, 0.3) is 0 Å². The molecule has 0 aliphatic rings. The van der Waals surface area contributed by atoms with Crippen molar-refractivity contribution in [3.05, 3.63) is 59.4 Å². The van der Waals surface area contributed by atoms with E-state index in [0.29, 0.717) is 12.4 Å². The Bertz CT molecular complexity index is 955. The molecule has 1 heterocycles. The summed E-state index contributed by atoms with van der Waals surface area (Å²) in [4.78, 5) is 16.9. The number of benzene rings is 1. The van der Waals surface area contributed by atoms with Gasteiger partial charge in [0.05, 0.1) is 22.3 Å². The standard InChI is InChI=1S/C24H31F3N2O3S/c1-6-7-14-32-19-11-9-18(10-12-19)23(24(25,26)27,29-33(31)22(3,4)5)15-21(30)20-13-8-17(2)16-28-20/h8-13,16,29H,6-7,14-15H2,1-5H3/t23-,33-/m0/s1. The maximum atomic E-state index is 14.7. The van der Waals surface area contributed by atoms with Gasteiger partial charge in [0.15, 0.2) is 11.3 Å². The molecule has 0 unspecified atom stereocenters. The molecule has 0 aliphatic carbocycles. The zero-order chi connectivity index (χ0) is 24.9. The van der Waals surface area contributed by atoms with Gasteiger partial charge >= 0.3 is 6.18 Å². The number of carbonyl (C=O) groups is 1. The summed E-state index contributed by atoms with van der Waals surface area (Å²) in [6.45, 7) is 8.90. The van der Waals surface area contributed by atoms with Gasteiger partial charge in [-0.3, -0.25) is 9.78 Å². The molecule has 2 atom stereocenters. The lowest BCUT2D eigenvalue weighted by Gasteiger charge is -2.38. The Morgan fingerprint density at radius 3 is 2.21 bits per heavy atom. The lowest BCUT2D eigenvalue weighted by atomic mass is 9.84. The zero-order valence-electron chi connectivity index (χ0n) is 19.6. The number of nitrogens with one attached hydrogen (secondary N) is 1. The molecule has 2 aromatic rings. The fourth-order valence-corrected chi connectivity index (χ4v) is 3.89. The second kappa shape index (κ2) is 10.8.